The lowest BCUT2D eigenvalue weighted by Gasteiger charge is -2.12. The first-order valence-corrected chi connectivity index (χ1v) is 8.15. The number of hydrogen-bond donors (Lipinski definition) is 3. The lowest BCUT2D eigenvalue weighted by Crippen LogP contribution is -2.26. The van der Waals surface area contributed by atoms with Gasteiger partial charge in [-0.1, -0.05) is 0 Å². The summed E-state index contributed by atoms with van der Waals surface area (Å²) in [5, 5.41) is 2.61. The average molecular weight is 350 g/mol. The lowest BCUT2D eigenvalue weighted by molar-refractivity contribution is -0.116. The van der Waals surface area contributed by atoms with Crippen LogP contribution < -0.4 is 20.5 Å². The molecular formula is C13H20ClN3O4S. The molecule has 0 unspecified atom stereocenters. The topological polar surface area (TPSA) is 111 Å². The molecule has 22 heavy (non-hydrogen) atoms. The molecule has 1 aromatic rings. The number of amides is 1. The SMILES string of the molecule is COc1ccc(NC(=O)CCN)cc1S(=O)(=O)NC1CC1.Cl. The van der Waals surface area contributed by atoms with E-state index < -0.39 is 10.0 Å². The molecule has 4 N–H and O–H groups in total. The van der Waals surface area contributed by atoms with E-state index in [2.05, 4.69) is 10.0 Å². The van der Waals surface area contributed by atoms with Crippen molar-refractivity contribution in [2.45, 2.75) is 30.2 Å². The Kier molecular flexibility index (Phi) is 6.61. The maximum absolute atomic E-state index is 12.3. The Morgan fingerprint density at radius 3 is 2.64 bits per heavy atom. The van der Waals surface area contributed by atoms with Crippen LogP contribution in [0.3, 0.4) is 0 Å². The first-order chi connectivity index (χ1) is 9.96. The summed E-state index contributed by atoms with van der Waals surface area (Å²) in [7, 11) is -2.26. The van der Waals surface area contributed by atoms with Crippen LogP contribution in [-0.4, -0.2) is 34.0 Å². The number of nitrogens with one attached hydrogen (secondary N) is 2. The number of nitrogens with two attached hydrogens (primary N) is 1. The molecule has 0 bridgehead atoms. The second kappa shape index (κ2) is 7.77. The van der Waals surface area contributed by atoms with Gasteiger partial charge in [-0.2, -0.15) is 0 Å². The van der Waals surface area contributed by atoms with Crippen LogP contribution in [0.1, 0.15) is 19.3 Å². The molecule has 1 saturated carbocycles. The summed E-state index contributed by atoms with van der Waals surface area (Å²) in [5.41, 5.74) is 5.70. The summed E-state index contributed by atoms with van der Waals surface area (Å²) in [6.45, 7) is 0.233. The minimum absolute atomic E-state index is 0. The van der Waals surface area contributed by atoms with Gasteiger partial charge >= 0.3 is 0 Å². The van der Waals surface area contributed by atoms with Gasteiger partial charge in [-0.15, -0.1) is 12.4 Å². The third-order valence-corrected chi connectivity index (χ3v) is 4.55. The number of methoxy groups -OCH3 is 1. The molecule has 0 saturated heterocycles. The standard InChI is InChI=1S/C13H19N3O4S.ClH/c1-20-11-5-4-10(15-13(17)6-7-14)8-12(11)21(18,19)16-9-2-3-9;/h4-5,8-9,16H,2-3,6-7,14H2,1H3,(H,15,17);1H. The van der Waals surface area contributed by atoms with Crippen LogP contribution in [0.15, 0.2) is 23.1 Å². The van der Waals surface area contributed by atoms with Gasteiger partial charge in [0.1, 0.15) is 10.6 Å². The van der Waals surface area contributed by atoms with E-state index in [9.17, 15) is 13.2 Å². The van der Waals surface area contributed by atoms with Crippen molar-refractivity contribution in [2.24, 2.45) is 5.73 Å². The van der Waals surface area contributed by atoms with Crippen LogP contribution in [0.25, 0.3) is 0 Å². The molecule has 0 heterocycles. The van der Waals surface area contributed by atoms with E-state index in [1.165, 1.54) is 19.2 Å². The molecule has 0 radical (unpaired) electrons. The number of halogens is 1. The van der Waals surface area contributed by atoms with Crippen LogP contribution in [0.4, 0.5) is 5.69 Å². The summed E-state index contributed by atoms with van der Waals surface area (Å²) >= 11 is 0. The van der Waals surface area contributed by atoms with Gasteiger partial charge in [-0.25, -0.2) is 13.1 Å². The van der Waals surface area contributed by atoms with Crippen molar-refractivity contribution in [3.8, 4) is 5.75 Å². The van der Waals surface area contributed by atoms with Crippen molar-refractivity contribution < 1.29 is 17.9 Å². The minimum Gasteiger partial charge on any atom is -0.495 e. The first kappa shape index (κ1) is 18.7. The Balaban J connectivity index is 0.00000242. The molecule has 7 nitrogen and oxygen atoms in total. The number of rotatable bonds is 7. The van der Waals surface area contributed by atoms with Gasteiger partial charge in [-0.05, 0) is 31.0 Å². The van der Waals surface area contributed by atoms with Crippen molar-refractivity contribution >= 4 is 34.0 Å². The highest BCUT2D eigenvalue weighted by molar-refractivity contribution is 7.89. The third kappa shape index (κ3) is 4.84. The van der Waals surface area contributed by atoms with Crippen LogP contribution in [0, 0.1) is 0 Å². The second-order valence-electron chi connectivity index (χ2n) is 4.85. The van der Waals surface area contributed by atoms with E-state index in [1.807, 2.05) is 0 Å². The largest absolute Gasteiger partial charge is 0.495 e. The number of carbonyl (C=O) groups excluding carboxylic acids is 1. The lowest BCUT2D eigenvalue weighted by atomic mass is 10.3. The molecular weight excluding hydrogens is 330 g/mol. The highest BCUT2D eigenvalue weighted by atomic mass is 35.5. The van der Waals surface area contributed by atoms with E-state index >= 15 is 0 Å². The molecule has 0 aromatic heterocycles. The number of hydrogen-bond acceptors (Lipinski definition) is 5. The summed E-state index contributed by atoms with van der Waals surface area (Å²) in [4.78, 5) is 11.5. The zero-order chi connectivity index (χ0) is 15.5. The zero-order valence-corrected chi connectivity index (χ0v) is 13.8. The number of carbonyl (C=O) groups is 1. The van der Waals surface area contributed by atoms with Gasteiger partial charge < -0.3 is 15.8 Å². The quantitative estimate of drug-likeness (QED) is 0.675. The van der Waals surface area contributed by atoms with Crippen molar-refractivity contribution in [3.63, 3.8) is 0 Å². The fourth-order valence-electron chi connectivity index (χ4n) is 1.80. The smallest absolute Gasteiger partial charge is 0.244 e. The first-order valence-electron chi connectivity index (χ1n) is 6.66. The maximum atomic E-state index is 12.3. The predicted molar refractivity (Wildman–Crippen MR) is 85.9 cm³/mol. The van der Waals surface area contributed by atoms with Gasteiger partial charge in [0.15, 0.2) is 0 Å². The fourth-order valence-corrected chi connectivity index (χ4v) is 3.30. The Hall–Kier alpha value is -1.35. The van der Waals surface area contributed by atoms with Crippen molar-refractivity contribution in [2.75, 3.05) is 19.0 Å². The molecule has 2 rings (SSSR count). The molecule has 1 amide bonds. The molecule has 0 aliphatic heterocycles. The molecule has 1 aliphatic carbocycles. The maximum Gasteiger partial charge on any atom is 0.244 e. The van der Waals surface area contributed by atoms with Gasteiger partial charge in [0.25, 0.3) is 0 Å². The number of sulfonamides is 1. The van der Waals surface area contributed by atoms with Crippen LogP contribution >= 0.6 is 12.4 Å². The molecule has 1 fully saturated rings. The van der Waals surface area contributed by atoms with Crippen LogP contribution in [-0.2, 0) is 14.8 Å². The van der Waals surface area contributed by atoms with Crippen molar-refractivity contribution in [3.05, 3.63) is 18.2 Å². The summed E-state index contributed by atoms with van der Waals surface area (Å²) in [6, 6.07) is 4.48. The van der Waals surface area contributed by atoms with Crippen molar-refractivity contribution in [1.29, 1.82) is 0 Å². The Labute approximate surface area is 136 Å². The van der Waals surface area contributed by atoms with Crippen molar-refractivity contribution in [1.82, 2.24) is 4.72 Å². The van der Waals surface area contributed by atoms with E-state index in [0.717, 1.165) is 12.8 Å². The molecule has 1 aliphatic rings. The Bertz CT molecular complexity index is 632. The monoisotopic (exact) mass is 349 g/mol. The van der Waals surface area contributed by atoms with Gasteiger partial charge in [-0.3, -0.25) is 4.79 Å². The summed E-state index contributed by atoms with van der Waals surface area (Å²) in [6.07, 6.45) is 1.86. The number of anilines is 1. The molecule has 9 heteroatoms. The van der Waals surface area contributed by atoms with Crippen LogP contribution in [0.5, 0.6) is 5.75 Å². The minimum atomic E-state index is -3.66. The fraction of sp³-hybridized carbons (Fsp3) is 0.462. The van der Waals surface area contributed by atoms with E-state index in [-0.39, 0.29) is 48.0 Å². The van der Waals surface area contributed by atoms with Crippen LogP contribution in [0.2, 0.25) is 0 Å². The Morgan fingerprint density at radius 1 is 1.41 bits per heavy atom. The summed E-state index contributed by atoms with van der Waals surface area (Å²) < 4.78 is 32.3. The zero-order valence-electron chi connectivity index (χ0n) is 12.2. The highest BCUT2D eigenvalue weighted by Crippen LogP contribution is 2.29. The summed E-state index contributed by atoms with van der Waals surface area (Å²) in [5.74, 6) is -0.0267. The highest BCUT2D eigenvalue weighted by Gasteiger charge is 2.30. The van der Waals surface area contributed by atoms with E-state index in [1.54, 1.807) is 6.07 Å². The molecule has 0 atom stereocenters. The van der Waals surface area contributed by atoms with E-state index in [0.29, 0.717) is 5.69 Å². The second-order valence-corrected chi connectivity index (χ2v) is 6.53. The third-order valence-electron chi connectivity index (χ3n) is 3.01. The molecule has 1 aromatic carbocycles. The van der Waals surface area contributed by atoms with Gasteiger partial charge in [0.2, 0.25) is 15.9 Å². The number of benzene rings is 1. The number of ether oxygens (including phenoxy) is 1. The van der Waals surface area contributed by atoms with Gasteiger partial charge in [0.05, 0.1) is 7.11 Å². The average Bonchev–Trinajstić information content (AvgIpc) is 3.22. The predicted octanol–water partition coefficient (Wildman–Crippen LogP) is 0.845. The molecule has 0 spiro atoms. The van der Waals surface area contributed by atoms with E-state index in [4.69, 9.17) is 10.5 Å². The molecule has 124 valence electrons. The van der Waals surface area contributed by atoms with Gasteiger partial charge in [0, 0.05) is 24.7 Å². The Morgan fingerprint density at radius 2 is 2.09 bits per heavy atom. The normalized spacial score (nSPS) is 14.1.